The molecule has 0 bridgehead atoms. The van der Waals surface area contributed by atoms with Crippen molar-refractivity contribution >= 4 is 7.82 Å². The molecular formula is C18H40NdO4P-. The Kier molecular flexibility index (Phi) is 30.8. The summed E-state index contributed by atoms with van der Waals surface area (Å²) in [6.45, 7) is 6.18. The van der Waals surface area contributed by atoms with Crippen LogP contribution in [0.2, 0.25) is 0 Å². The Morgan fingerprint density at radius 2 is 0.833 bits per heavy atom. The van der Waals surface area contributed by atoms with Crippen LogP contribution >= 0.6 is 7.82 Å². The van der Waals surface area contributed by atoms with Gasteiger partial charge < -0.3 is 21.6 Å². The molecule has 3 N–H and O–H groups in total. The van der Waals surface area contributed by atoms with Crippen LogP contribution in [0.3, 0.4) is 0 Å². The van der Waals surface area contributed by atoms with E-state index in [2.05, 4.69) is 13.8 Å². The summed E-state index contributed by atoms with van der Waals surface area (Å²) in [5, 5.41) is 0. The molecule has 0 atom stereocenters. The van der Waals surface area contributed by atoms with E-state index in [-0.39, 0.29) is 40.8 Å². The van der Waals surface area contributed by atoms with Gasteiger partial charge in [0.1, 0.15) is 0 Å². The van der Waals surface area contributed by atoms with Gasteiger partial charge in [-0.2, -0.15) is 6.42 Å². The third-order valence-electron chi connectivity index (χ3n) is 3.85. The van der Waals surface area contributed by atoms with E-state index in [1.54, 1.807) is 0 Å². The topological polar surface area (TPSA) is 77.8 Å². The average molecular weight is 496 g/mol. The number of phosphoric acid groups is 1. The molecule has 0 amide bonds. The first-order valence-electron chi connectivity index (χ1n) is 9.49. The Morgan fingerprint density at radius 3 is 1.04 bits per heavy atom. The maximum atomic E-state index is 8.88. The number of unbranched alkanes of at least 4 members (excludes halogenated alkanes) is 15. The molecule has 0 rings (SSSR count). The molecule has 6 heteroatoms. The minimum atomic E-state index is -4.64. The Morgan fingerprint density at radius 1 is 0.625 bits per heavy atom. The first-order chi connectivity index (χ1) is 10.9. The normalized spacial score (nSPS) is 10.7. The molecule has 0 aromatic rings. The molecular weight excluding hydrogens is 455 g/mol. The van der Waals surface area contributed by atoms with E-state index in [0.717, 1.165) is 6.42 Å². The number of hydrogen-bond donors (Lipinski definition) is 3. The molecule has 0 aliphatic rings. The monoisotopic (exact) mass is 493 g/mol. The van der Waals surface area contributed by atoms with E-state index in [1.165, 1.54) is 96.3 Å². The standard InChI is InChI=1S/C18H37.Nd.H3O4P/c1-3-5-7-9-11-13-15-17-18-16-14-12-10-8-6-4-2;;1-5(2,3)4/h1,3-18H2,2H3;;(H3,1,2,3,4)/q-1;;. The second kappa shape index (κ2) is 24.5. The van der Waals surface area contributed by atoms with Crippen molar-refractivity contribution in [3.05, 3.63) is 6.92 Å². The van der Waals surface area contributed by atoms with Gasteiger partial charge in [-0.25, -0.2) is 4.57 Å². The van der Waals surface area contributed by atoms with Gasteiger partial charge in [0.2, 0.25) is 0 Å². The summed E-state index contributed by atoms with van der Waals surface area (Å²) in [6.07, 6.45) is 22.8. The van der Waals surface area contributed by atoms with Crippen LogP contribution in [-0.4, -0.2) is 14.7 Å². The van der Waals surface area contributed by atoms with Crippen LogP contribution in [0.4, 0.5) is 0 Å². The second-order valence-corrected chi connectivity index (χ2v) is 7.34. The van der Waals surface area contributed by atoms with Crippen LogP contribution in [-0.2, 0) is 4.57 Å². The molecule has 0 aliphatic heterocycles. The van der Waals surface area contributed by atoms with Crippen molar-refractivity contribution in [3.8, 4) is 0 Å². The van der Waals surface area contributed by atoms with Gasteiger partial charge in [-0.1, -0.05) is 103 Å². The van der Waals surface area contributed by atoms with E-state index < -0.39 is 7.82 Å². The molecule has 0 aromatic carbocycles. The molecule has 4 nitrogen and oxygen atoms in total. The van der Waals surface area contributed by atoms with E-state index in [4.69, 9.17) is 19.2 Å². The molecule has 0 spiro atoms. The number of rotatable bonds is 15. The fraction of sp³-hybridized carbons (Fsp3) is 0.944. The smallest absolute Gasteiger partial charge is 0.343 e. The maximum absolute atomic E-state index is 8.88. The largest absolute Gasteiger partial charge is 0.466 e. The molecule has 146 valence electrons. The van der Waals surface area contributed by atoms with E-state index >= 15 is 0 Å². The summed E-state index contributed by atoms with van der Waals surface area (Å²) in [6, 6.07) is 0. The molecule has 24 heavy (non-hydrogen) atoms. The van der Waals surface area contributed by atoms with Crippen molar-refractivity contribution in [1.82, 2.24) is 0 Å². The van der Waals surface area contributed by atoms with Gasteiger partial charge in [-0.05, 0) is 0 Å². The predicted molar refractivity (Wildman–Crippen MR) is 99.2 cm³/mol. The zero-order valence-electron chi connectivity index (χ0n) is 15.7. The fourth-order valence-corrected chi connectivity index (χ4v) is 2.55. The van der Waals surface area contributed by atoms with Crippen molar-refractivity contribution in [2.45, 2.75) is 110 Å². The maximum Gasteiger partial charge on any atom is 0.466 e. The van der Waals surface area contributed by atoms with Crippen molar-refractivity contribution in [2.75, 3.05) is 0 Å². The second-order valence-electron chi connectivity index (χ2n) is 6.32. The van der Waals surface area contributed by atoms with Crippen LogP contribution < -0.4 is 0 Å². The average Bonchev–Trinajstić information content (AvgIpc) is 2.46. The van der Waals surface area contributed by atoms with Crippen LogP contribution in [0.25, 0.3) is 0 Å². The van der Waals surface area contributed by atoms with E-state index in [1.807, 2.05) is 0 Å². The quantitative estimate of drug-likeness (QED) is 0.145. The Bertz CT molecular complexity index is 235. The third-order valence-corrected chi connectivity index (χ3v) is 3.85. The molecule has 0 saturated heterocycles. The van der Waals surface area contributed by atoms with Crippen LogP contribution in [0, 0.1) is 47.8 Å². The summed E-state index contributed by atoms with van der Waals surface area (Å²) in [5.41, 5.74) is 0. The van der Waals surface area contributed by atoms with Crippen molar-refractivity contribution in [3.63, 3.8) is 0 Å². The van der Waals surface area contributed by atoms with Crippen LogP contribution in [0.5, 0.6) is 0 Å². The molecule has 0 aliphatic carbocycles. The summed E-state index contributed by atoms with van der Waals surface area (Å²) in [5.74, 6) is 0. The van der Waals surface area contributed by atoms with Gasteiger partial charge in [0.25, 0.3) is 0 Å². The zero-order chi connectivity index (χ0) is 17.8. The SMILES string of the molecule is O=P(O)(O)O.[CH2-]CCCCCCCCCCCCCCCCC.[Nd]. The Balaban J connectivity index is -0.000000639. The molecule has 0 heterocycles. The Labute approximate surface area is 183 Å². The summed E-state index contributed by atoms with van der Waals surface area (Å²) in [7, 11) is -4.64. The van der Waals surface area contributed by atoms with Crippen LogP contribution in [0.1, 0.15) is 110 Å². The van der Waals surface area contributed by atoms with E-state index in [0.29, 0.717) is 0 Å². The van der Waals surface area contributed by atoms with Gasteiger partial charge in [-0.3, -0.25) is 0 Å². The van der Waals surface area contributed by atoms with Gasteiger partial charge in [0, 0.05) is 40.8 Å². The zero-order valence-corrected chi connectivity index (χ0v) is 19.8. The fourth-order valence-electron chi connectivity index (χ4n) is 2.55. The first-order valence-corrected chi connectivity index (χ1v) is 11.1. The van der Waals surface area contributed by atoms with Gasteiger partial charge in [0.15, 0.2) is 0 Å². The van der Waals surface area contributed by atoms with Crippen molar-refractivity contribution in [1.29, 1.82) is 0 Å². The predicted octanol–water partition coefficient (Wildman–Crippen LogP) is 6.15. The number of hydrogen-bond acceptors (Lipinski definition) is 1. The van der Waals surface area contributed by atoms with E-state index in [9.17, 15) is 0 Å². The molecule has 0 fully saturated rings. The van der Waals surface area contributed by atoms with Gasteiger partial charge in [-0.15, -0.1) is 0 Å². The molecule has 0 unspecified atom stereocenters. The van der Waals surface area contributed by atoms with Crippen molar-refractivity contribution < 1.29 is 60.1 Å². The minimum absolute atomic E-state index is 0. The summed E-state index contributed by atoms with van der Waals surface area (Å²) in [4.78, 5) is 21.6. The summed E-state index contributed by atoms with van der Waals surface area (Å²) >= 11 is 0. The van der Waals surface area contributed by atoms with Gasteiger partial charge >= 0.3 is 7.82 Å². The molecule has 0 aromatic heterocycles. The van der Waals surface area contributed by atoms with Crippen LogP contribution in [0.15, 0.2) is 0 Å². The molecule has 0 radical (unpaired) electrons. The molecule has 0 saturated carbocycles. The minimum Gasteiger partial charge on any atom is -0.343 e. The Hall–Kier alpha value is 1.46. The third kappa shape index (κ3) is 43.7. The summed E-state index contributed by atoms with van der Waals surface area (Å²) < 4.78 is 8.88. The van der Waals surface area contributed by atoms with Crippen molar-refractivity contribution in [2.24, 2.45) is 0 Å². The van der Waals surface area contributed by atoms with Gasteiger partial charge in [0.05, 0.1) is 0 Å². The first kappa shape index (κ1) is 30.2.